The number of carbonyl (C=O) groups excluding carboxylic acids is 5. The Balaban J connectivity index is 0.000000220. The molecule has 5 aromatic carbocycles. The summed E-state index contributed by atoms with van der Waals surface area (Å²) in [7, 11) is 0. The number of benzene rings is 5. The van der Waals surface area contributed by atoms with Crippen LogP contribution in [0.1, 0.15) is 31.8 Å². The lowest BCUT2D eigenvalue weighted by molar-refractivity contribution is -0.150. The number of amidine groups is 1. The zero-order valence-corrected chi connectivity index (χ0v) is 37.3. The summed E-state index contributed by atoms with van der Waals surface area (Å²) in [6.07, 6.45) is -6.83. The molecule has 2 aliphatic rings. The normalized spacial score (nSPS) is 16.4. The number of nitrogen functional groups attached to an aromatic ring is 1. The lowest BCUT2D eigenvalue weighted by Gasteiger charge is -2.34. The Hall–Kier alpha value is -8.97. The molecule has 4 amide bonds. The van der Waals surface area contributed by atoms with E-state index in [1.165, 1.54) is 59.5 Å². The molecule has 372 valence electrons. The third-order valence-electron chi connectivity index (χ3n) is 10.9. The van der Waals surface area contributed by atoms with Gasteiger partial charge in [0.1, 0.15) is 24.1 Å². The van der Waals surface area contributed by atoms with E-state index in [-0.39, 0.29) is 61.5 Å². The first kappa shape index (κ1) is 50.9. The van der Waals surface area contributed by atoms with Crippen molar-refractivity contribution in [2.45, 2.75) is 31.0 Å². The Morgan fingerprint density at radius 2 is 1.25 bits per heavy atom. The molecule has 0 saturated carbocycles. The number of hydrogen-bond acceptors (Lipinski definition) is 15. The van der Waals surface area contributed by atoms with Gasteiger partial charge in [0, 0.05) is 47.0 Å². The molecule has 0 aliphatic carbocycles. The van der Waals surface area contributed by atoms with Crippen LogP contribution in [0.4, 0.5) is 31.5 Å². The van der Waals surface area contributed by atoms with Crippen LogP contribution in [-0.4, -0.2) is 118 Å². The number of nitrogens with two attached hydrogens (primary N) is 1. The van der Waals surface area contributed by atoms with E-state index in [1.54, 1.807) is 36.4 Å². The number of aromatic carboxylic acids is 1. The molecule has 2 aliphatic heterocycles. The van der Waals surface area contributed by atoms with Crippen LogP contribution in [0.15, 0.2) is 125 Å². The fourth-order valence-corrected chi connectivity index (χ4v) is 7.17. The number of esters is 1. The number of aromatic amines is 1. The highest BCUT2D eigenvalue weighted by Gasteiger charge is 2.41. The molecule has 2 fully saturated rings. The van der Waals surface area contributed by atoms with Gasteiger partial charge in [0.05, 0.1) is 24.3 Å². The van der Waals surface area contributed by atoms with E-state index in [0.29, 0.717) is 22.5 Å². The number of aromatic nitrogens is 2. The molecule has 0 unspecified atom stereocenters. The highest BCUT2D eigenvalue weighted by molar-refractivity contribution is 6.06. The Morgan fingerprint density at radius 3 is 1.74 bits per heavy atom. The van der Waals surface area contributed by atoms with Gasteiger partial charge >= 0.3 is 17.7 Å². The molecule has 72 heavy (non-hydrogen) atoms. The van der Waals surface area contributed by atoms with Crippen LogP contribution in [0.5, 0.6) is 0 Å². The van der Waals surface area contributed by atoms with Crippen LogP contribution in [0.2, 0.25) is 0 Å². The average molecular weight is 993 g/mol. The van der Waals surface area contributed by atoms with E-state index in [9.17, 15) is 52.6 Å². The Bertz CT molecular complexity index is 3060. The minimum Gasteiger partial charge on any atom is -0.478 e. The second-order valence-electron chi connectivity index (χ2n) is 15.6. The van der Waals surface area contributed by atoms with Gasteiger partial charge in [0.2, 0.25) is 0 Å². The number of amides is 4. The molecule has 22 nitrogen and oxygen atoms in total. The van der Waals surface area contributed by atoms with Gasteiger partial charge in [-0.1, -0.05) is 35.5 Å². The summed E-state index contributed by atoms with van der Waals surface area (Å²) in [5, 5.41) is 46.0. The molecule has 9 N–H and O–H groups in total. The van der Waals surface area contributed by atoms with Crippen molar-refractivity contribution in [3.63, 3.8) is 0 Å². The summed E-state index contributed by atoms with van der Waals surface area (Å²) in [6, 6.07) is 27.6. The smallest absolute Gasteiger partial charge is 0.439 e. The third kappa shape index (κ3) is 12.1. The second kappa shape index (κ2) is 22.6. The number of halogens is 2. The second-order valence-corrected chi connectivity index (χ2v) is 15.6. The van der Waals surface area contributed by atoms with Gasteiger partial charge in [0.15, 0.2) is 30.2 Å². The number of H-pyrrole nitrogens is 1. The summed E-state index contributed by atoms with van der Waals surface area (Å²) in [5.74, 6) is -8.19. The van der Waals surface area contributed by atoms with Gasteiger partial charge in [-0.25, -0.2) is 23.2 Å². The van der Waals surface area contributed by atoms with Crippen molar-refractivity contribution in [1.29, 1.82) is 5.41 Å². The van der Waals surface area contributed by atoms with Crippen LogP contribution in [0.25, 0.3) is 11.4 Å². The van der Waals surface area contributed by atoms with E-state index < -0.39 is 82.9 Å². The Morgan fingerprint density at radius 1 is 0.750 bits per heavy atom. The standard InChI is InChI=1S/C28H23FN4O8.C20H19FN4O6/c29-21-11-10-19(14-20(21)27(37)40-15-16-4-2-1-3-5-16)33-12-13-39-23(26(33)36)22(34)25(35)30-18-8-6-17(7-9-18)24-31-28(38)41-32-24;21-14-6-5-12(9-13(14)20(29)30)25-7-8-31-16(19(25)28)15(26)18(27)24-11-3-1-10(2-4-11)17(22)23/h1-11,14,22-23,34H,12-13,15H2,(H,30,35)(H,31,32,38);1-6,9,15-16,26H,7-8H2,(H3,22,23)(H,24,27)(H,29,30)/t22-,23-;15-,16-/m11/s1. The highest BCUT2D eigenvalue weighted by atomic mass is 19.1. The lowest BCUT2D eigenvalue weighted by Crippen LogP contribution is -2.55. The molecular formula is C48H42F2N8O14. The Kier molecular flexibility index (Phi) is 16.0. The van der Waals surface area contributed by atoms with Crippen LogP contribution in [0.3, 0.4) is 0 Å². The summed E-state index contributed by atoms with van der Waals surface area (Å²) in [4.78, 5) is 90.7. The number of nitrogens with zero attached hydrogens (tertiary/aromatic N) is 3. The van der Waals surface area contributed by atoms with Gasteiger partial charge in [-0.15, -0.1) is 0 Å². The molecule has 2 saturated heterocycles. The lowest BCUT2D eigenvalue weighted by atomic mass is 10.1. The number of hydrogen-bond donors (Lipinski definition) is 8. The molecular weight excluding hydrogens is 951 g/mol. The summed E-state index contributed by atoms with van der Waals surface area (Å²) >= 11 is 0. The number of ether oxygens (including phenoxy) is 3. The topological polar surface area (TPSA) is 330 Å². The van der Waals surface area contributed by atoms with E-state index in [4.69, 9.17) is 30.5 Å². The summed E-state index contributed by atoms with van der Waals surface area (Å²) in [6.45, 7) is -0.0592. The van der Waals surface area contributed by atoms with Gasteiger partial charge in [0.25, 0.3) is 23.6 Å². The Labute approximate surface area is 405 Å². The maximum Gasteiger partial charge on any atom is 0.439 e. The van der Waals surface area contributed by atoms with Gasteiger partial charge in [-0.3, -0.25) is 34.1 Å². The molecule has 0 radical (unpaired) electrons. The number of aliphatic hydroxyl groups excluding tert-OH is 2. The van der Waals surface area contributed by atoms with Crippen molar-refractivity contribution in [3.8, 4) is 11.4 Å². The van der Waals surface area contributed by atoms with Crippen molar-refractivity contribution in [3.05, 3.63) is 160 Å². The predicted molar refractivity (Wildman–Crippen MR) is 249 cm³/mol. The number of morpholine rings is 2. The van der Waals surface area contributed by atoms with E-state index in [2.05, 4.69) is 25.3 Å². The monoisotopic (exact) mass is 992 g/mol. The van der Waals surface area contributed by atoms with Crippen LogP contribution < -0.4 is 31.9 Å². The van der Waals surface area contributed by atoms with Gasteiger partial charge in [-0.2, -0.15) is 0 Å². The number of carboxylic acid groups (broad SMARTS) is 1. The highest BCUT2D eigenvalue weighted by Crippen LogP contribution is 2.27. The minimum absolute atomic E-state index is 0.0286. The van der Waals surface area contributed by atoms with E-state index in [1.807, 2.05) is 6.07 Å². The van der Waals surface area contributed by atoms with Crippen molar-refractivity contribution >= 4 is 64.2 Å². The molecule has 3 heterocycles. The number of carbonyl (C=O) groups is 6. The molecule has 0 bridgehead atoms. The van der Waals surface area contributed by atoms with Crippen molar-refractivity contribution in [1.82, 2.24) is 10.1 Å². The number of anilines is 4. The fraction of sp³-hybridized carbons (Fsp3) is 0.188. The zero-order valence-electron chi connectivity index (χ0n) is 37.3. The van der Waals surface area contributed by atoms with E-state index in [0.717, 1.165) is 28.7 Å². The quantitative estimate of drug-likeness (QED) is 0.0442. The number of nitrogens with one attached hydrogen (secondary N) is 4. The fourth-order valence-electron chi connectivity index (χ4n) is 7.17. The maximum atomic E-state index is 14.5. The average Bonchev–Trinajstić information content (AvgIpc) is 3.82. The number of aliphatic hydroxyl groups is 2. The van der Waals surface area contributed by atoms with Crippen molar-refractivity contribution in [2.75, 3.05) is 46.7 Å². The minimum atomic E-state index is -1.88. The first-order valence-electron chi connectivity index (χ1n) is 21.5. The molecule has 0 spiro atoms. The summed E-state index contributed by atoms with van der Waals surface area (Å²) in [5.41, 5.74) is 6.93. The van der Waals surface area contributed by atoms with Crippen LogP contribution in [0, 0.1) is 17.0 Å². The predicted octanol–water partition coefficient (Wildman–Crippen LogP) is 2.80. The first-order chi connectivity index (χ1) is 34.5. The maximum absolute atomic E-state index is 14.5. The van der Waals surface area contributed by atoms with Crippen molar-refractivity contribution in [2.24, 2.45) is 5.73 Å². The van der Waals surface area contributed by atoms with E-state index >= 15 is 0 Å². The number of rotatable bonds is 14. The molecule has 4 atom stereocenters. The van der Waals surface area contributed by atoms with Gasteiger partial charge < -0.3 is 55.7 Å². The third-order valence-corrected chi connectivity index (χ3v) is 10.9. The molecule has 1 aromatic heterocycles. The first-order valence-corrected chi connectivity index (χ1v) is 21.5. The van der Waals surface area contributed by atoms with Crippen LogP contribution >= 0.6 is 0 Å². The van der Waals surface area contributed by atoms with Gasteiger partial charge in [-0.05, 0) is 90.5 Å². The van der Waals surface area contributed by atoms with Crippen LogP contribution in [-0.2, 0) is 40.0 Å². The van der Waals surface area contributed by atoms with Crippen molar-refractivity contribution < 1.29 is 71.6 Å². The number of carboxylic acids is 1. The molecule has 6 aromatic rings. The zero-order chi connectivity index (χ0) is 51.6. The largest absolute Gasteiger partial charge is 0.478 e. The summed E-state index contributed by atoms with van der Waals surface area (Å²) < 4.78 is 48.5. The SMILES string of the molecule is N=C(N)c1ccc(NC(=O)[C@H](O)[C@H]2OCCN(c3ccc(F)c(C(=O)O)c3)C2=O)cc1.O=C(OCc1ccccc1)c1cc(N2CCO[C@H]([C@@H](O)C(=O)Nc3ccc(-c4noc(=O)[nH]4)cc3)C2=O)ccc1F. The molecule has 24 heteroatoms. The molecule has 8 rings (SSSR count).